The van der Waals surface area contributed by atoms with Gasteiger partial charge in [0.25, 0.3) is 0 Å². The van der Waals surface area contributed by atoms with Gasteiger partial charge in [0.05, 0.1) is 5.41 Å². The summed E-state index contributed by atoms with van der Waals surface area (Å²) in [6.45, 7) is 9.24. The predicted molar refractivity (Wildman–Crippen MR) is 81.0 cm³/mol. The molecule has 1 aromatic rings. The highest BCUT2D eigenvalue weighted by Gasteiger charge is 2.43. The van der Waals surface area contributed by atoms with Crippen molar-refractivity contribution in [2.45, 2.75) is 39.0 Å². The molecule has 1 heterocycles. The maximum Gasteiger partial charge on any atom is 0.314 e. The number of aryl methyl sites for hydroxylation is 1. The van der Waals surface area contributed by atoms with E-state index in [2.05, 4.69) is 18.7 Å². The summed E-state index contributed by atoms with van der Waals surface area (Å²) in [4.78, 5) is 14.3. The zero-order valence-electron chi connectivity index (χ0n) is 12.7. The van der Waals surface area contributed by atoms with Crippen molar-refractivity contribution in [3.05, 3.63) is 35.4 Å². The number of benzene rings is 1. The van der Waals surface area contributed by atoms with Gasteiger partial charge in [-0.05, 0) is 49.9 Å². The minimum absolute atomic E-state index is 0.630. The second-order valence-corrected chi connectivity index (χ2v) is 6.40. The highest BCUT2D eigenvalue weighted by Crippen LogP contribution is 2.37. The Balaban J connectivity index is 2.22. The van der Waals surface area contributed by atoms with Crippen LogP contribution in [0.2, 0.25) is 0 Å². The first-order chi connectivity index (χ1) is 9.45. The van der Waals surface area contributed by atoms with Crippen molar-refractivity contribution in [1.29, 1.82) is 0 Å². The molecule has 0 spiro atoms. The highest BCUT2D eigenvalue weighted by atomic mass is 16.4. The molecule has 0 bridgehead atoms. The van der Waals surface area contributed by atoms with Crippen molar-refractivity contribution in [3.8, 4) is 0 Å². The average Bonchev–Trinajstić information content (AvgIpc) is 2.39. The summed E-state index contributed by atoms with van der Waals surface area (Å²) in [5.74, 6) is -0.0400. The highest BCUT2D eigenvalue weighted by molar-refractivity contribution is 5.82. The second kappa shape index (κ2) is 5.96. The summed E-state index contributed by atoms with van der Waals surface area (Å²) in [7, 11) is 0. The summed E-state index contributed by atoms with van der Waals surface area (Å²) in [5, 5.41) is 9.82. The van der Waals surface area contributed by atoms with Gasteiger partial charge in [0.2, 0.25) is 0 Å². The molecule has 0 unspecified atom stereocenters. The molecule has 0 aromatic heterocycles. The molecule has 20 heavy (non-hydrogen) atoms. The minimum Gasteiger partial charge on any atom is -0.481 e. The Labute approximate surface area is 121 Å². The maximum atomic E-state index is 11.9. The molecule has 2 rings (SSSR count). The molecule has 1 aliphatic rings. The first kappa shape index (κ1) is 15.0. The van der Waals surface area contributed by atoms with E-state index in [1.165, 1.54) is 0 Å². The summed E-state index contributed by atoms with van der Waals surface area (Å²) in [6.07, 6.45) is 1.42. The van der Waals surface area contributed by atoms with Crippen LogP contribution >= 0.6 is 0 Å². The largest absolute Gasteiger partial charge is 0.481 e. The van der Waals surface area contributed by atoms with E-state index in [0.29, 0.717) is 18.8 Å². The van der Waals surface area contributed by atoms with Gasteiger partial charge in [-0.15, -0.1) is 0 Å². The first-order valence-corrected chi connectivity index (χ1v) is 7.47. The van der Waals surface area contributed by atoms with E-state index in [-0.39, 0.29) is 0 Å². The number of hydrogen-bond acceptors (Lipinski definition) is 2. The number of carbonyl (C=O) groups is 1. The summed E-state index contributed by atoms with van der Waals surface area (Å²) in [6, 6.07) is 7.93. The number of rotatable bonds is 4. The van der Waals surface area contributed by atoms with Gasteiger partial charge in [0.15, 0.2) is 0 Å². The van der Waals surface area contributed by atoms with Gasteiger partial charge in [-0.25, -0.2) is 0 Å². The number of piperidine rings is 1. The smallest absolute Gasteiger partial charge is 0.314 e. The van der Waals surface area contributed by atoms with E-state index in [9.17, 15) is 9.90 Å². The SMILES string of the molecule is Cc1ccccc1C1(C(=O)O)CCN(CC(C)C)CC1. The molecule has 3 nitrogen and oxygen atoms in total. The Morgan fingerprint density at radius 3 is 2.40 bits per heavy atom. The fraction of sp³-hybridized carbons (Fsp3) is 0.588. The van der Waals surface area contributed by atoms with Crippen molar-refractivity contribution in [2.75, 3.05) is 19.6 Å². The van der Waals surface area contributed by atoms with Gasteiger partial charge in [0.1, 0.15) is 0 Å². The lowest BCUT2D eigenvalue weighted by atomic mass is 9.71. The molecular weight excluding hydrogens is 250 g/mol. The molecule has 1 fully saturated rings. The lowest BCUT2D eigenvalue weighted by molar-refractivity contribution is -0.146. The van der Waals surface area contributed by atoms with Crippen LogP contribution in [0.15, 0.2) is 24.3 Å². The van der Waals surface area contributed by atoms with Gasteiger partial charge in [-0.3, -0.25) is 4.79 Å². The fourth-order valence-corrected chi connectivity index (χ4v) is 3.34. The van der Waals surface area contributed by atoms with E-state index in [0.717, 1.165) is 30.8 Å². The molecule has 0 aliphatic carbocycles. The normalized spacial score (nSPS) is 19.2. The zero-order chi connectivity index (χ0) is 14.8. The minimum atomic E-state index is -0.696. The molecule has 0 atom stereocenters. The molecule has 3 heteroatoms. The average molecular weight is 275 g/mol. The lowest BCUT2D eigenvalue weighted by Crippen LogP contribution is -2.48. The quantitative estimate of drug-likeness (QED) is 0.918. The van der Waals surface area contributed by atoms with E-state index in [4.69, 9.17) is 0 Å². The van der Waals surface area contributed by atoms with Crippen molar-refractivity contribution in [1.82, 2.24) is 4.90 Å². The van der Waals surface area contributed by atoms with Crippen molar-refractivity contribution >= 4 is 5.97 Å². The number of hydrogen-bond donors (Lipinski definition) is 1. The van der Waals surface area contributed by atoms with Crippen LogP contribution in [0.1, 0.15) is 37.8 Å². The Morgan fingerprint density at radius 2 is 1.90 bits per heavy atom. The van der Waals surface area contributed by atoms with Crippen LogP contribution in [0.3, 0.4) is 0 Å². The first-order valence-electron chi connectivity index (χ1n) is 7.47. The van der Waals surface area contributed by atoms with Crippen LogP contribution in [0, 0.1) is 12.8 Å². The molecule has 1 saturated heterocycles. The maximum absolute atomic E-state index is 11.9. The third kappa shape index (κ3) is 2.88. The standard InChI is InChI=1S/C17H25NO2/c1-13(2)12-18-10-8-17(9-11-18,16(19)20)15-7-5-4-6-14(15)3/h4-7,13H,8-12H2,1-3H3,(H,19,20). The fourth-order valence-electron chi connectivity index (χ4n) is 3.34. The third-order valence-electron chi connectivity index (χ3n) is 4.40. The topological polar surface area (TPSA) is 40.5 Å². The summed E-state index contributed by atoms with van der Waals surface area (Å²) in [5.41, 5.74) is 1.39. The molecule has 0 amide bonds. The molecular formula is C17H25NO2. The van der Waals surface area contributed by atoms with Crippen molar-refractivity contribution in [3.63, 3.8) is 0 Å². The van der Waals surface area contributed by atoms with E-state index >= 15 is 0 Å². The zero-order valence-corrected chi connectivity index (χ0v) is 12.7. The molecule has 1 aromatic carbocycles. The molecule has 0 saturated carbocycles. The summed E-state index contributed by atoms with van der Waals surface area (Å²) < 4.78 is 0. The van der Waals surface area contributed by atoms with Crippen LogP contribution in [-0.4, -0.2) is 35.6 Å². The Bertz CT molecular complexity index is 474. The van der Waals surface area contributed by atoms with E-state index in [1.54, 1.807) is 0 Å². The Hall–Kier alpha value is -1.35. The lowest BCUT2D eigenvalue weighted by Gasteiger charge is -2.40. The van der Waals surface area contributed by atoms with Crippen LogP contribution < -0.4 is 0 Å². The molecule has 1 N–H and O–H groups in total. The Morgan fingerprint density at radius 1 is 1.30 bits per heavy atom. The van der Waals surface area contributed by atoms with Crippen LogP contribution in [0.4, 0.5) is 0 Å². The van der Waals surface area contributed by atoms with Gasteiger partial charge in [0, 0.05) is 6.54 Å². The number of carboxylic acid groups (broad SMARTS) is 1. The molecule has 1 aliphatic heterocycles. The molecule has 0 radical (unpaired) electrons. The Kier molecular flexibility index (Phi) is 4.48. The third-order valence-corrected chi connectivity index (χ3v) is 4.40. The van der Waals surface area contributed by atoms with Gasteiger partial charge in [-0.1, -0.05) is 38.1 Å². The van der Waals surface area contributed by atoms with Crippen molar-refractivity contribution in [2.24, 2.45) is 5.92 Å². The van der Waals surface area contributed by atoms with Gasteiger partial charge in [-0.2, -0.15) is 0 Å². The van der Waals surface area contributed by atoms with Crippen LogP contribution in [0.5, 0.6) is 0 Å². The monoisotopic (exact) mass is 275 g/mol. The summed E-state index contributed by atoms with van der Waals surface area (Å²) >= 11 is 0. The van der Waals surface area contributed by atoms with Crippen molar-refractivity contribution < 1.29 is 9.90 Å². The van der Waals surface area contributed by atoms with Gasteiger partial charge >= 0.3 is 5.97 Å². The number of aliphatic carboxylic acids is 1. The van der Waals surface area contributed by atoms with E-state index in [1.807, 2.05) is 31.2 Å². The number of nitrogens with zero attached hydrogens (tertiary/aromatic N) is 1. The van der Waals surface area contributed by atoms with Gasteiger partial charge < -0.3 is 10.0 Å². The number of carboxylic acids is 1. The van der Waals surface area contributed by atoms with Crippen LogP contribution in [0.25, 0.3) is 0 Å². The molecule has 110 valence electrons. The predicted octanol–water partition coefficient (Wildman–Crippen LogP) is 3.07. The van der Waals surface area contributed by atoms with E-state index < -0.39 is 11.4 Å². The van der Waals surface area contributed by atoms with Crippen LogP contribution in [-0.2, 0) is 10.2 Å². The second-order valence-electron chi connectivity index (χ2n) is 6.40. The number of likely N-dealkylation sites (tertiary alicyclic amines) is 1.